The first-order valence-electron chi connectivity index (χ1n) is 6.28. The summed E-state index contributed by atoms with van der Waals surface area (Å²) in [5, 5.41) is 12.3. The van der Waals surface area contributed by atoms with E-state index in [1.807, 2.05) is 26.0 Å². The van der Waals surface area contributed by atoms with Crippen LogP contribution in [0.1, 0.15) is 20.8 Å². The van der Waals surface area contributed by atoms with Crippen molar-refractivity contribution in [1.82, 2.24) is 5.32 Å². The van der Waals surface area contributed by atoms with E-state index in [1.165, 1.54) is 0 Å². The van der Waals surface area contributed by atoms with Gasteiger partial charge in [-0.2, -0.15) is 0 Å². The average molecular weight is 330 g/mol. The summed E-state index contributed by atoms with van der Waals surface area (Å²) in [7, 11) is 0. The molecule has 0 bridgehead atoms. The number of nitrogens with one attached hydrogen (secondary N) is 1. The number of carbonyl (C=O) groups excluding carboxylic acids is 1. The summed E-state index contributed by atoms with van der Waals surface area (Å²) in [5.41, 5.74) is 0. The number of benzene rings is 1. The molecule has 1 rings (SSSR count). The molecule has 0 radical (unpaired) electrons. The predicted molar refractivity (Wildman–Crippen MR) is 78.1 cm³/mol. The van der Waals surface area contributed by atoms with Crippen LogP contribution in [0.5, 0.6) is 5.75 Å². The number of hydrogen-bond acceptors (Lipinski definition) is 3. The van der Waals surface area contributed by atoms with Crippen LogP contribution < -0.4 is 10.1 Å². The van der Waals surface area contributed by atoms with E-state index in [4.69, 9.17) is 4.74 Å². The molecule has 19 heavy (non-hydrogen) atoms. The number of aliphatic hydroxyl groups excluding tert-OH is 1. The highest BCUT2D eigenvalue weighted by Gasteiger charge is 2.16. The molecular formula is C14H20BrNO3. The molecule has 0 aliphatic carbocycles. The molecule has 1 aromatic rings. The van der Waals surface area contributed by atoms with Gasteiger partial charge in [0.05, 0.1) is 6.10 Å². The monoisotopic (exact) mass is 329 g/mol. The molecule has 4 nitrogen and oxygen atoms in total. The van der Waals surface area contributed by atoms with E-state index in [0.29, 0.717) is 5.75 Å². The summed E-state index contributed by atoms with van der Waals surface area (Å²) in [6.45, 7) is 5.72. The summed E-state index contributed by atoms with van der Waals surface area (Å²) in [4.78, 5) is 11.8. The molecule has 1 aromatic carbocycles. The Morgan fingerprint density at radius 3 is 2.42 bits per heavy atom. The van der Waals surface area contributed by atoms with Gasteiger partial charge < -0.3 is 15.2 Å². The number of amides is 1. The molecule has 0 aromatic heterocycles. The summed E-state index contributed by atoms with van der Waals surface area (Å²) >= 11 is 3.33. The zero-order chi connectivity index (χ0) is 14.4. The first-order valence-corrected chi connectivity index (χ1v) is 7.07. The summed E-state index contributed by atoms with van der Waals surface area (Å²) in [6.07, 6.45) is -1.13. The minimum absolute atomic E-state index is 0.114. The van der Waals surface area contributed by atoms with Crippen LogP contribution >= 0.6 is 15.9 Å². The van der Waals surface area contributed by atoms with Crippen molar-refractivity contribution < 1.29 is 14.6 Å². The number of rotatable bonds is 6. The number of halogens is 1. The van der Waals surface area contributed by atoms with E-state index >= 15 is 0 Å². The molecule has 1 amide bonds. The lowest BCUT2D eigenvalue weighted by molar-refractivity contribution is -0.127. The molecular weight excluding hydrogens is 310 g/mol. The highest BCUT2D eigenvalue weighted by molar-refractivity contribution is 9.10. The van der Waals surface area contributed by atoms with Crippen molar-refractivity contribution in [2.75, 3.05) is 6.54 Å². The van der Waals surface area contributed by atoms with Gasteiger partial charge in [-0.15, -0.1) is 0 Å². The largest absolute Gasteiger partial charge is 0.481 e. The maximum Gasteiger partial charge on any atom is 0.260 e. The molecule has 2 unspecified atom stereocenters. The Kier molecular flexibility index (Phi) is 6.31. The molecule has 0 saturated carbocycles. The van der Waals surface area contributed by atoms with Gasteiger partial charge in [-0.05, 0) is 37.1 Å². The maximum absolute atomic E-state index is 11.8. The summed E-state index contributed by atoms with van der Waals surface area (Å²) in [5.74, 6) is 0.515. The highest BCUT2D eigenvalue weighted by Crippen LogP contribution is 2.17. The minimum Gasteiger partial charge on any atom is -0.481 e. The quantitative estimate of drug-likeness (QED) is 0.842. The van der Waals surface area contributed by atoms with Crippen molar-refractivity contribution >= 4 is 21.8 Å². The molecule has 0 aliphatic rings. The van der Waals surface area contributed by atoms with E-state index in [-0.39, 0.29) is 18.4 Å². The second kappa shape index (κ2) is 7.50. The molecule has 2 N–H and O–H groups in total. The van der Waals surface area contributed by atoms with Crippen molar-refractivity contribution in [3.05, 3.63) is 28.7 Å². The van der Waals surface area contributed by atoms with E-state index in [1.54, 1.807) is 19.1 Å². The van der Waals surface area contributed by atoms with Gasteiger partial charge in [-0.1, -0.05) is 29.8 Å². The lowest BCUT2D eigenvalue weighted by atomic mass is 10.1. The van der Waals surface area contributed by atoms with Crippen molar-refractivity contribution in [2.24, 2.45) is 5.92 Å². The Bertz CT molecular complexity index is 406. The molecule has 0 spiro atoms. The highest BCUT2D eigenvalue weighted by atomic mass is 79.9. The van der Waals surface area contributed by atoms with E-state index < -0.39 is 12.2 Å². The molecule has 106 valence electrons. The van der Waals surface area contributed by atoms with Crippen LogP contribution in [0.15, 0.2) is 28.7 Å². The predicted octanol–water partition coefficient (Wildman–Crippen LogP) is 2.35. The zero-order valence-corrected chi connectivity index (χ0v) is 13.0. The smallest absolute Gasteiger partial charge is 0.260 e. The third kappa shape index (κ3) is 5.61. The van der Waals surface area contributed by atoms with Gasteiger partial charge in [0, 0.05) is 11.0 Å². The summed E-state index contributed by atoms with van der Waals surface area (Å²) < 4.78 is 6.46. The summed E-state index contributed by atoms with van der Waals surface area (Å²) in [6, 6.07) is 7.28. The van der Waals surface area contributed by atoms with Crippen molar-refractivity contribution in [3.8, 4) is 5.75 Å². The van der Waals surface area contributed by atoms with Gasteiger partial charge in [0.2, 0.25) is 0 Å². The van der Waals surface area contributed by atoms with Crippen molar-refractivity contribution in [3.63, 3.8) is 0 Å². The van der Waals surface area contributed by atoms with E-state index in [9.17, 15) is 9.90 Å². The first kappa shape index (κ1) is 16.0. The average Bonchev–Trinajstić information content (AvgIpc) is 2.37. The van der Waals surface area contributed by atoms with Gasteiger partial charge in [-0.25, -0.2) is 0 Å². The van der Waals surface area contributed by atoms with Gasteiger partial charge in [0.25, 0.3) is 5.91 Å². The van der Waals surface area contributed by atoms with Crippen LogP contribution in [-0.2, 0) is 4.79 Å². The molecule has 0 heterocycles. The fraction of sp³-hybridized carbons (Fsp3) is 0.500. The first-order chi connectivity index (χ1) is 8.90. The Balaban J connectivity index is 2.42. The van der Waals surface area contributed by atoms with Gasteiger partial charge in [0.15, 0.2) is 6.10 Å². The Morgan fingerprint density at radius 1 is 1.32 bits per heavy atom. The van der Waals surface area contributed by atoms with Gasteiger partial charge in [-0.3, -0.25) is 4.79 Å². The second-order valence-corrected chi connectivity index (χ2v) is 5.69. The maximum atomic E-state index is 11.8. The number of aliphatic hydroxyl groups is 1. The normalized spacial score (nSPS) is 14.0. The van der Waals surface area contributed by atoms with Crippen LogP contribution in [0.3, 0.4) is 0 Å². The number of carbonyl (C=O) groups is 1. The molecule has 0 aliphatic heterocycles. The molecule has 2 atom stereocenters. The third-order valence-electron chi connectivity index (χ3n) is 2.75. The Labute approximate surface area is 122 Å². The van der Waals surface area contributed by atoms with Crippen LogP contribution in [-0.4, -0.2) is 29.8 Å². The fourth-order valence-electron chi connectivity index (χ4n) is 1.36. The standard InChI is InChI=1S/C14H20BrNO3/c1-9(2)13(17)8-16-14(18)10(3)19-12-6-4-11(15)5-7-12/h4-7,9-10,13,17H,8H2,1-3H3,(H,16,18). The lowest BCUT2D eigenvalue weighted by Gasteiger charge is -2.18. The lowest BCUT2D eigenvalue weighted by Crippen LogP contribution is -2.41. The van der Waals surface area contributed by atoms with Crippen molar-refractivity contribution in [2.45, 2.75) is 33.0 Å². The topological polar surface area (TPSA) is 58.6 Å². The van der Waals surface area contributed by atoms with E-state index in [2.05, 4.69) is 21.2 Å². The second-order valence-electron chi connectivity index (χ2n) is 4.77. The van der Waals surface area contributed by atoms with Gasteiger partial charge >= 0.3 is 0 Å². The fourth-order valence-corrected chi connectivity index (χ4v) is 1.62. The zero-order valence-electron chi connectivity index (χ0n) is 11.4. The third-order valence-corrected chi connectivity index (χ3v) is 3.28. The van der Waals surface area contributed by atoms with Crippen LogP contribution in [0.25, 0.3) is 0 Å². The Morgan fingerprint density at radius 2 is 1.89 bits per heavy atom. The van der Waals surface area contributed by atoms with E-state index in [0.717, 1.165) is 4.47 Å². The van der Waals surface area contributed by atoms with Crippen LogP contribution in [0, 0.1) is 5.92 Å². The molecule has 0 fully saturated rings. The van der Waals surface area contributed by atoms with Crippen LogP contribution in [0.4, 0.5) is 0 Å². The number of ether oxygens (including phenoxy) is 1. The van der Waals surface area contributed by atoms with Crippen molar-refractivity contribution in [1.29, 1.82) is 0 Å². The van der Waals surface area contributed by atoms with Crippen LogP contribution in [0.2, 0.25) is 0 Å². The molecule has 5 heteroatoms. The minimum atomic E-state index is -0.597. The van der Waals surface area contributed by atoms with Gasteiger partial charge in [0.1, 0.15) is 5.75 Å². The number of hydrogen-bond donors (Lipinski definition) is 2. The Hall–Kier alpha value is -1.07. The molecule has 0 saturated heterocycles. The SMILES string of the molecule is CC(Oc1ccc(Br)cc1)C(=O)NCC(O)C(C)C.